The van der Waals surface area contributed by atoms with Crippen LogP contribution in [0.1, 0.15) is 30.0 Å². The summed E-state index contributed by atoms with van der Waals surface area (Å²) in [5.74, 6) is 0.548. The Bertz CT molecular complexity index is 354. The average molecular weight is 254 g/mol. The van der Waals surface area contributed by atoms with Crippen molar-refractivity contribution < 1.29 is 4.74 Å². The maximum Gasteiger partial charge on any atom is 0.0512 e. The fourth-order valence-electron chi connectivity index (χ4n) is 2.65. The van der Waals surface area contributed by atoms with Crippen LogP contribution in [-0.4, -0.2) is 20.3 Å². The summed E-state index contributed by atoms with van der Waals surface area (Å²) in [6, 6.07) is 6.61. The standard InChI is InChI=1S/C14H20ClNO/c1-10-6-12(8-13(15)7-10)14(16-2)11-4-3-5-17-9-11/h6-8,11,14,16H,3-5,9H2,1-2H3. The predicted molar refractivity (Wildman–Crippen MR) is 71.5 cm³/mol. The molecule has 0 radical (unpaired) electrons. The van der Waals surface area contributed by atoms with Crippen LogP contribution in [0.5, 0.6) is 0 Å². The molecule has 94 valence electrons. The lowest BCUT2D eigenvalue weighted by molar-refractivity contribution is 0.0402. The lowest BCUT2D eigenvalue weighted by Crippen LogP contribution is -2.31. The fraction of sp³-hybridized carbons (Fsp3) is 0.571. The van der Waals surface area contributed by atoms with Gasteiger partial charge in [0.05, 0.1) is 6.61 Å². The molecular formula is C14H20ClNO. The van der Waals surface area contributed by atoms with E-state index in [2.05, 4.69) is 24.4 Å². The highest BCUT2D eigenvalue weighted by Gasteiger charge is 2.24. The average Bonchev–Trinajstić information content (AvgIpc) is 2.30. The van der Waals surface area contributed by atoms with E-state index in [1.807, 2.05) is 13.1 Å². The molecule has 1 fully saturated rings. The van der Waals surface area contributed by atoms with Gasteiger partial charge >= 0.3 is 0 Å². The third kappa shape index (κ3) is 3.21. The van der Waals surface area contributed by atoms with Crippen LogP contribution in [0, 0.1) is 12.8 Å². The van der Waals surface area contributed by atoms with Gasteiger partial charge in [0.15, 0.2) is 0 Å². The lowest BCUT2D eigenvalue weighted by atomic mass is 9.88. The molecule has 1 heterocycles. The van der Waals surface area contributed by atoms with Crippen LogP contribution in [-0.2, 0) is 4.74 Å². The molecule has 2 atom stereocenters. The van der Waals surface area contributed by atoms with Crippen LogP contribution in [0.2, 0.25) is 5.02 Å². The fourth-order valence-corrected chi connectivity index (χ4v) is 2.95. The first-order valence-electron chi connectivity index (χ1n) is 6.23. The summed E-state index contributed by atoms with van der Waals surface area (Å²) < 4.78 is 5.57. The van der Waals surface area contributed by atoms with E-state index in [1.54, 1.807) is 0 Å². The second kappa shape index (κ2) is 5.85. The topological polar surface area (TPSA) is 21.3 Å². The maximum absolute atomic E-state index is 6.13. The summed E-state index contributed by atoms with van der Waals surface area (Å²) in [5, 5.41) is 4.22. The van der Waals surface area contributed by atoms with E-state index in [1.165, 1.54) is 17.5 Å². The number of benzene rings is 1. The van der Waals surface area contributed by atoms with Crippen molar-refractivity contribution in [3.05, 3.63) is 34.3 Å². The third-order valence-electron chi connectivity index (χ3n) is 3.40. The quantitative estimate of drug-likeness (QED) is 0.892. The summed E-state index contributed by atoms with van der Waals surface area (Å²) >= 11 is 6.13. The van der Waals surface area contributed by atoms with Gasteiger partial charge in [0.1, 0.15) is 0 Å². The largest absolute Gasteiger partial charge is 0.381 e. The molecule has 1 N–H and O–H groups in total. The summed E-state index contributed by atoms with van der Waals surface area (Å²) in [6.45, 7) is 3.83. The molecule has 0 saturated carbocycles. The zero-order valence-electron chi connectivity index (χ0n) is 10.5. The Morgan fingerprint density at radius 2 is 2.24 bits per heavy atom. The predicted octanol–water partition coefficient (Wildman–Crippen LogP) is 3.34. The van der Waals surface area contributed by atoms with Crippen molar-refractivity contribution in [2.45, 2.75) is 25.8 Å². The minimum absolute atomic E-state index is 0.340. The van der Waals surface area contributed by atoms with E-state index in [0.717, 1.165) is 24.7 Å². The van der Waals surface area contributed by atoms with Crippen LogP contribution >= 0.6 is 11.6 Å². The molecule has 2 rings (SSSR count). The molecular weight excluding hydrogens is 234 g/mol. The number of rotatable bonds is 3. The number of hydrogen-bond acceptors (Lipinski definition) is 2. The van der Waals surface area contributed by atoms with E-state index >= 15 is 0 Å². The van der Waals surface area contributed by atoms with Crippen molar-refractivity contribution >= 4 is 11.6 Å². The molecule has 0 aromatic heterocycles. The monoisotopic (exact) mass is 253 g/mol. The molecule has 1 aliphatic rings. The second-order valence-electron chi connectivity index (χ2n) is 4.81. The highest BCUT2D eigenvalue weighted by Crippen LogP contribution is 2.30. The Morgan fingerprint density at radius 3 is 2.82 bits per heavy atom. The summed E-state index contributed by atoms with van der Waals surface area (Å²) in [6.07, 6.45) is 2.37. The number of aryl methyl sites for hydroxylation is 1. The van der Waals surface area contributed by atoms with Gasteiger partial charge in [-0.3, -0.25) is 0 Å². The highest BCUT2D eigenvalue weighted by molar-refractivity contribution is 6.30. The van der Waals surface area contributed by atoms with E-state index in [4.69, 9.17) is 16.3 Å². The van der Waals surface area contributed by atoms with E-state index < -0.39 is 0 Å². The number of halogens is 1. The minimum Gasteiger partial charge on any atom is -0.381 e. The SMILES string of the molecule is CNC(c1cc(C)cc(Cl)c1)C1CCCOC1. The molecule has 1 saturated heterocycles. The van der Waals surface area contributed by atoms with Crippen LogP contribution < -0.4 is 5.32 Å². The molecule has 0 bridgehead atoms. The zero-order chi connectivity index (χ0) is 12.3. The van der Waals surface area contributed by atoms with Crippen molar-refractivity contribution in [2.24, 2.45) is 5.92 Å². The van der Waals surface area contributed by atoms with Crippen molar-refractivity contribution in [1.29, 1.82) is 0 Å². The van der Waals surface area contributed by atoms with E-state index in [-0.39, 0.29) is 0 Å². The Kier molecular flexibility index (Phi) is 4.43. The molecule has 3 heteroatoms. The highest BCUT2D eigenvalue weighted by atomic mass is 35.5. The maximum atomic E-state index is 6.13. The van der Waals surface area contributed by atoms with Gasteiger partial charge in [0.2, 0.25) is 0 Å². The Morgan fingerprint density at radius 1 is 1.41 bits per heavy atom. The van der Waals surface area contributed by atoms with Gasteiger partial charge in [-0.2, -0.15) is 0 Å². The van der Waals surface area contributed by atoms with Crippen molar-refractivity contribution in [2.75, 3.05) is 20.3 Å². The van der Waals surface area contributed by atoms with E-state index in [9.17, 15) is 0 Å². The molecule has 0 amide bonds. The summed E-state index contributed by atoms with van der Waals surface area (Å²) in [4.78, 5) is 0. The number of ether oxygens (including phenoxy) is 1. The van der Waals surface area contributed by atoms with Crippen LogP contribution in [0.15, 0.2) is 18.2 Å². The van der Waals surface area contributed by atoms with Gasteiger partial charge in [-0.25, -0.2) is 0 Å². The number of nitrogens with one attached hydrogen (secondary N) is 1. The van der Waals surface area contributed by atoms with Gasteiger partial charge in [-0.15, -0.1) is 0 Å². The molecule has 2 nitrogen and oxygen atoms in total. The number of hydrogen-bond donors (Lipinski definition) is 1. The minimum atomic E-state index is 0.340. The van der Waals surface area contributed by atoms with Crippen molar-refractivity contribution in [1.82, 2.24) is 5.32 Å². The van der Waals surface area contributed by atoms with Gasteiger partial charge in [0, 0.05) is 23.6 Å². The smallest absolute Gasteiger partial charge is 0.0512 e. The molecule has 0 spiro atoms. The lowest BCUT2D eigenvalue weighted by Gasteiger charge is -2.30. The second-order valence-corrected chi connectivity index (χ2v) is 5.24. The van der Waals surface area contributed by atoms with Crippen LogP contribution in [0.25, 0.3) is 0 Å². The molecule has 17 heavy (non-hydrogen) atoms. The van der Waals surface area contributed by atoms with Gasteiger partial charge in [-0.1, -0.05) is 17.7 Å². The van der Waals surface area contributed by atoms with Crippen molar-refractivity contribution in [3.63, 3.8) is 0 Å². The first kappa shape index (κ1) is 12.9. The van der Waals surface area contributed by atoms with Gasteiger partial charge in [0.25, 0.3) is 0 Å². The molecule has 0 aliphatic carbocycles. The first-order chi connectivity index (χ1) is 8.20. The van der Waals surface area contributed by atoms with Crippen molar-refractivity contribution in [3.8, 4) is 0 Å². The van der Waals surface area contributed by atoms with Crippen LogP contribution in [0.4, 0.5) is 0 Å². The Labute approximate surface area is 108 Å². The van der Waals surface area contributed by atoms with Gasteiger partial charge < -0.3 is 10.1 Å². The molecule has 1 aromatic carbocycles. The molecule has 1 aromatic rings. The Balaban J connectivity index is 2.21. The van der Waals surface area contributed by atoms with Gasteiger partial charge in [-0.05, 0) is 50.1 Å². The van der Waals surface area contributed by atoms with Crippen LogP contribution in [0.3, 0.4) is 0 Å². The summed E-state index contributed by atoms with van der Waals surface area (Å²) in [5.41, 5.74) is 2.48. The van der Waals surface area contributed by atoms with E-state index in [0.29, 0.717) is 12.0 Å². The normalized spacial score (nSPS) is 22.4. The molecule has 2 unspecified atom stereocenters. The first-order valence-corrected chi connectivity index (χ1v) is 6.60. The third-order valence-corrected chi connectivity index (χ3v) is 3.62. The zero-order valence-corrected chi connectivity index (χ0v) is 11.3. The Hall–Kier alpha value is -0.570. The molecule has 1 aliphatic heterocycles. The summed E-state index contributed by atoms with van der Waals surface area (Å²) in [7, 11) is 2.01.